The van der Waals surface area contributed by atoms with Gasteiger partial charge in [-0.1, -0.05) is 23.2 Å². The topological polar surface area (TPSA) is 88.8 Å². The number of nitrogens with two attached hydrogens (primary N) is 2. The maximum Gasteiger partial charge on any atom is 0.280 e. The van der Waals surface area contributed by atoms with Crippen molar-refractivity contribution in [2.75, 3.05) is 11.9 Å². The van der Waals surface area contributed by atoms with Crippen LogP contribution in [0.2, 0.25) is 10.0 Å². The van der Waals surface area contributed by atoms with E-state index in [9.17, 15) is 14.0 Å². The summed E-state index contributed by atoms with van der Waals surface area (Å²) in [7, 11) is 0. The molecule has 128 valence electrons. The molecule has 0 aliphatic heterocycles. The molecule has 1 heterocycles. The van der Waals surface area contributed by atoms with E-state index >= 15 is 0 Å². The molecule has 9 heteroatoms. The zero-order valence-electron chi connectivity index (χ0n) is 12.6. The molecule has 0 bridgehead atoms. The Morgan fingerprint density at radius 3 is 2.75 bits per heavy atom. The lowest BCUT2D eigenvalue weighted by Gasteiger charge is -2.13. The van der Waals surface area contributed by atoms with E-state index in [4.69, 9.17) is 28.9 Å². The van der Waals surface area contributed by atoms with Gasteiger partial charge in [0.05, 0.1) is 15.6 Å². The smallest absolute Gasteiger partial charge is 0.280 e. The SMILES string of the molecule is C[C@H]([NH2+]CC(=O)Nc1sccc1C(N)=O)c1cc(F)c(Cl)cc1Cl. The van der Waals surface area contributed by atoms with Crippen molar-refractivity contribution in [3.05, 3.63) is 50.6 Å². The Hall–Kier alpha value is -1.67. The van der Waals surface area contributed by atoms with Crippen LogP contribution in [0.1, 0.15) is 28.9 Å². The molecule has 2 rings (SSSR count). The Bertz CT molecular complexity index is 782. The fourth-order valence-corrected chi connectivity index (χ4v) is 3.44. The van der Waals surface area contributed by atoms with Gasteiger partial charge in [0.15, 0.2) is 6.54 Å². The van der Waals surface area contributed by atoms with E-state index in [1.54, 1.807) is 23.7 Å². The maximum absolute atomic E-state index is 13.6. The summed E-state index contributed by atoms with van der Waals surface area (Å²) in [5.74, 6) is -1.48. The number of rotatable bonds is 6. The van der Waals surface area contributed by atoms with Crippen molar-refractivity contribution in [1.29, 1.82) is 0 Å². The van der Waals surface area contributed by atoms with E-state index < -0.39 is 11.7 Å². The van der Waals surface area contributed by atoms with Gasteiger partial charge in [0, 0.05) is 5.56 Å². The molecule has 0 aliphatic rings. The first-order valence-electron chi connectivity index (χ1n) is 6.94. The van der Waals surface area contributed by atoms with E-state index in [0.717, 1.165) is 0 Å². The highest BCUT2D eigenvalue weighted by Gasteiger charge is 2.18. The number of carbonyl (C=O) groups is 2. The van der Waals surface area contributed by atoms with E-state index in [1.807, 2.05) is 0 Å². The molecule has 0 fully saturated rings. The molecule has 24 heavy (non-hydrogen) atoms. The fourth-order valence-electron chi connectivity index (χ4n) is 2.08. The summed E-state index contributed by atoms with van der Waals surface area (Å²) < 4.78 is 13.6. The number of quaternary nitrogens is 1. The average molecular weight is 391 g/mol. The minimum Gasteiger partial charge on any atom is -0.366 e. The molecule has 1 aromatic heterocycles. The van der Waals surface area contributed by atoms with Crippen LogP contribution in [-0.2, 0) is 4.79 Å². The lowest BCUT2D eigenvalue weighted by molar-refractivity contribution is -0.682. The molecule has 2 aromatic rings. The summed E-state index contributed by atoms with van der Waals surface area (Å²) in [5, 5.41) is 6.68. The first kappa shape index (κ1) is 18.7. The maximum atomic E-state index is 13.6. The molecule has 1 aromatic carbocycles. The summed E-state index contributed by atoms with van der Waals surface area (Å²) in [4.78, 5) is 23.2. The minimum absolute atomic E-state index is 0.0506. The number of anilines is 1. The van der Waals surface area contributed by atoms with Crippen LogP contribution in [0.25, 0.3) is 0 Å². The molecule has 0 spiro atoms. The first-order chi connectivity index (χ1) is 11.3. The molecule has 5 nitrogen and oxygen atoms in total. The second-order valence-electron chi connectivity index (χ2n) is 5.09. The van der Waals surface area contributed by atoms with Crippen molar-refractivity contribution in [2.45, 2.75) is 13.0 Å². The number of amides is 2. The van der Waals surface area contributed by atoms with Crippen molar-refractivity contribution in [1.82, 2.24) is 0 Å². The summed E-state index contributed by atoms with van der Waals surface area (Å²) in [6.45, 7) is 1.86. The zero-order chi connectivity index (χ0) is 17.9. The summed E-state index contributed by atoms with van der Waals surface area (Å²) >= 11 is 12.9. The van der Waals surface area contributed by atoms with Crippen molar-refractivity contribution >= 4 is 51.4 Å². The molecule has 5 N–H and O–H groups in total. The normalized spacial score (nSPS) is 12.0. The summed E-state index contributed by atoms with van der Waals surface area (Å²) in [6, 6.07) is 3.89. The third-order valence-electron chi connectivity index (χ3n) is 3.37. The number of halogens is 3. The number of hydrogen-bond donors (Lipinski definition) is 3. The van der Waals surface area contributed by atoms with Crippen molar-refractivity contribution in [3.63, 3.8) is 0 Å². The highest BCUT2D eigenvalue weighted by molar-refractivity contribution is 7.14. The lowest BCUT2D eigenvalue weighted by Crippen LogP contribution is -2.86. The predicted molar refractivity (Wildman–Crippen MR) is 93.1 cm³/mol. The third-order valence-corrected chi connectivity index (χ3v) is 4.82. The van der Waals surface area contributed by atoms with Gasteiger partial charge >= 0.3 is 0 Å². The quantitative estimate of drug-likeness (QED) is 0.661. The Morgan fingerprint density at radius 1 is 1.38 bits per heavy atom. The van der Waals surface area contributed by atoms with E-state index in [1.165, 1.54) is 23.5 Å². The summed E-state index contributed by atoms with van der Waals surface area (Å²) in [5.41, 5.74) is 6.03. The van der Waals surface area contributed by atoms with Crippen LogP contribution < -0.4 is 16.4 Å². The molecule has 0 aliphatic carbocycles. The van der Waals surface area contributed by atoms with Gasteiger partial charge in [0.25, 0.3) is 11.8 Å². The van der Waals surface area contributed by atoms with Crippen LogP contribution >= 0.6 is 34.5 Å². The molecule has 0 unspecified atom stereocenters. The van der Waals surface area contributed by atoms with Gasteiger partial charge in [-0.3, -0.25) is 9.59 Å². The van der Waals surface area contributed by atoms with Gasteiger partial charge in [0.1, 0.15) is 16.9 Å². The zero-order valence-corrected chi connectivity index (χ0v) is 14.9. The Kier molecular flexibility index (Phi) is 6.17. The second-order valence-corrected chi connectivity index (χ2v) is 6.82. The molecule has 0 saturated carbocycles. The van der Waals surface area contributed by atoms with E-state index in [-0.39, 0.29) is 29.1 Å². The minimum atomic E-state index is -0.604. The van der Waals surface area contributed by atoms with Crippen LogP contribution in [-0.4, -0.2) is 18.4 Å². The number of thiophene rings is 1. The molecule has 1 atom stereocenters. The van der Waals surface area contributed by atoms with Crippen molar-refractivity contribution in [2.24, 2.45) is 5.73 Å². The van der Waals surface area contributed by atoms with E-state index in [2.05, 4.69) is 5.32 Å². The molecule has 2 amide bonds. The molecular formula is C15H15Cl2FN3O2S+. The Balaban J connectivity index is 1.97. The van der Waals surface area contributed by atoms with Crippen molar-refractivity contribution in [3.8, 4) is 0 Å². The molecular weight excluding hydrogens is 376 g/mol. The first-order valence-corrected chi connectivity index (χ1v) is 8.58. The van der Waals surface area contributed by atoms with E-state index in [0.29, 0.717) is 15.6 Å². The highest BCUT2D eigenvalue weighted by atomic mass is 35.5. The van der Waals surface area contributed by atoms with Crippen LogP contribution in [0, 0.1) is 5.82 Å². The number of hydrogen-bond acceptors (Lipinski definition) is 3. The van der Waals surface area contributed by atoms with Gasteiger partial charge < -0.3 is 16.4 Å². The second kappa shape index (κ2) is 7.94. The van der Waals surface area contributed by atoms with Crippen LogP contribution in [0.5, 0.6) is 0 Å². The number of carbonyl (C=O) groups excluding carboxylic acids is 2. The van der Waals surface area contributed by atoms with Gasteiger partial charge in [-0.2, -0.15) is 0 Å². The lowest BCUT2D eigenvalue weighted by atomic mass is 10.1. The Labute approximate surface area is 151 Å². The van der Waals surface area contributed by atoms with Crippen LogP contribution in [0.4, 0.5) is 9.39 Å². The standard InChI is InChI=1S/C15H14Cl2FN3O2S/c1-7(9-4-12(18)11(17)5-10(9)16)20-6-13(22)21-15-8(14(19)23)2-3-24-15/h2-5,7,20H,6H2,1H3,(H2,19,23)(H,21,22)/p+1/t7-/m0/s1. The number of benzene rings is 1. The fraction of sp³-hybridized carbons (Fsp3) is 0.200. The predicted octanol–water partition coefficient (Wildman–Crippen LogP) is 2.56. The molecule has 0 radical (unpaired) electrons. The highest BCUT2D eigenvalue weighted by Crippen LogP contribution is 2.27. The molecule has 0 saturated heterocycles. The van der Waals surface area contributed by atoms with Gasteiger partial charge in [-0.05, 0) is 30.5 Å². The third kappa shape index (κ3) is 4.45. The van der Waals surface area contributed by atoms with Crippen molar-refractivity contribution < 1.29 is 19.3 Å². The largest absolute Gasteiger partial charge is 0.366 e. The number of nitrogens with one attached hydrogen (secondary N) is 1. The summed E-state index contributed by atoms with van der Waals surface area (Å²) in [6.07, 6.45) is 0. The average Bonchev–Trinajstić information content (AvgIpc) is 2.96. The van der Waals surface area contributed by atoms with Gasteiger partial charge in [-0.25, -0.2) is 4.39 Å². The monoisotopic (exact) mass is 390 g/mol. The van der Waals surface area contributed by atoms with Crippen LogP contribution in [0.15, 0.2) is 23.6 Å². The Morgan fingerprint density at radius 2 is 2.08 bits per heavy atom. The van der Waals surface area contributed by atoms with Gasteiger partial charge in [0.2, 0.25) is 0 Å². The van der Waals surface area contributed by atoms with Crippen LogP contribution in [0.3, 0.4) is 0 Å². The number of primary amides is 1. The van der Waals surface area contributed by atoms with Gasteiger partial charge in [-0.15, -0.1) is 11.3 Å².